The molecular formula is C12H14N2O4S2. The van der Waals surface area contributed by atoms with E-state index in [1.165, 1.54) is 12.1 Å². The Morgan fingerprint density at radius 2 is 1.95 bits per heavy atom. The smallest absolute Gasteiger partial charge is 0.328 e. The second-order valence-corrected chi connectivity index (χ2v) is 7.24. The van der Waals surface area contributed by atoms with Crippen molar-refractivity contribution in [2.75, 3.05) is 5.75 Å². The van der Waals surface area contributed by atoms with Gasteiger partial charge in [0.25, 0.3) is 10.0 Å². The first-order valence-corrected chi connectivity index (χ1v) is 8.39. The van der Waals surface area contributed by atoms with Gasteiger partial charge in [-0.3, -0.25) is 4.79 Å². The highest BCUT2D eigenvalue weighted by Crippen LogP contribution is 2.19. The van der Waals surface area contributed by atoms with Crippen molar-refractivity contribution in [2.24, 2.45) is 0 Å². The van der Waals surface area contributed by atoms with E-state index in [1.54, 1.807) is 12.1 Å². The third-order valence-electron chi connectivity index (χ3n) is 2.75. The van der Waals surface area contributed by atoms with Crippen LogP contribution in [0.15, 0.2) is 29.2 Å². The molecule has 1 aliphatic heterocycles. The number of nitrogens with one attached hydrogen (secondary N) is 2. The van der Waals surface area contributed by atoms with Gasteiger partial charge in [-0.1, -0.05) is 29.5 Å². The van der Waals surface area contributed by atoms with Crippen LogP contribution < -0.4 is 10.0 Å². The molecule has 1 atom stereocenters. The van der Waals surface area contributed by atoms with Crippen molar-refractivity contribution in [1.82, 2.24) is 10.0 Å². The van der Waals surface area contributed by atoms with Crippen LogP contribution in [0.2, 0.25) is 0 Å². The normalized spacial score (nSPS) is 18.9. The van der Waals surface area contributed by atoms with Crippen molar-refractivity contribution in [2.45, 2.75) is 24.3 Å². The second-order valence-electron chi connectivity index (χ2n) is 4.48. The van der Waals surface area contributed by atoms with Crippen molar-refractivity contribution < 1.29 is 18.0 Å². The summed E-state index contributed by atoms with van der Waals surface area (Å²) in [6, 6.07) is 5.03. The van der Waals surface area contributed by atoms with Crippen LogP contribution in [-0.4, -0.2) is 31.4 Å². The van der Waals surface area contributed by atoms with Crippen LogP contribution in [0.3, 0.4) is 0 Å². The van der Waals surface area contributed by atoms with Crippen molar-refractivity contribution in [3.63, 3.8) is 0 Å². The Hall–Kier alpha value is -1.54. The molecule has 1 heterocycles. The molecule has 6 nitrogen and oxygen atoms in total. The zero-order valence-corrected chi connectivity index (χ0v) is 12.4. The van der Waals surface area contributed by atoms with Crippen molar-refractivity contribution in [3.05, 3.63) is 29.8 Å². The van der Waals surface area contributed by atoms with Crippen LogP contribution >= 0.6 is 11.8 Å². The molecule has 2 amide bonds. The van der Waals surface area contributed by atoms with E-state index in [1.807, 2.05) is 11.6 Å². The van der Waals surface area contributed by atoms with Gasteiger partial charge in [-0.15, -0.1) is 0 Å². The number of aryl methyl sites for hydroxylation is 1. The minimum atomic E-state index is -3.89. The summed E-state index contributed by atoms with van der Waals surface area (Å²) in [5.41, 5.74) is 0.926. The average molecular weight is 314 g/mol. The molecule has 108 valence electrons. The zero-order chi connectivity index (χ0) is 14.8. The second kappa shape index (κ2) is 5.84. The minimum Gasteiger partial charge on any atom is -0.333 e. The summed E-state index contributed by atoms with van der Waals surface area (Å²) in [6.45, 7) is 1.84. The predicted molar refractivity (Wildman–Crippen MR) is 75.9 cm³/mol. The Kier molecular flexibility index (Phi) is 4.34. The standard InChI is InChI=1S/C12H14N2O4S2/c1-8-2-4-10(5-3-8)20(17,18)14-12(16)13-9-6-11(15)19-7-9/h2-5,9H,6-7H2,1H3,(H2,13,14,16). The van der Waals surface area contributed by atoms with Gasteiger partial charge in [-0.25, -0.2) is 17.9 Å². The Labute approximate surface area is 121 Å². The molecule has 2 rings (SSSR count). The van der Waals surface area contributed by atoms with E-state index in [0.29, 0.717) is 5.75 Å². The Balaban J connectivity index is 1.99. The molecule has 8 heteroatoms. The average Bonchev–Trinajstić information content (AvgIpc) is 2.74. The Morgan fingerprint density at radius 1 is 1.30 bits per heavy atom. The summed E-state index contributed by atoms with van der Waals surface area (Å²) < 4.78 is 25.8. The molecule has 1 aromatic carbocycles. The van der Waals surface area contributed by atoms with Gasteiger partial charge in [-0.2, -0.15) is 0 Å². The Morgan fingerprint density at radius 3 is 2.50 bits per heavy atom. The third-order valence-corrected chi connectivity index (χ3v) is 5.16. The van der Waals surface area contributed by atoms with E-state index in [0.717, 1.165) is 17.3 Å². The maximum atomic E-state index is 11.9. The molecule has 1 aromatic rings. The molecule has 1 unspecified atom stereocenters. The summed E-state index contributed by atoms with van der Waals surface area (Å²) in [5.74, 6) is 0.469. The van der Waals surface area contributed by atoms with Gasteiger partial charge in [0.15, 0.2) is 5.12 Å². The van der Waals surface area contributed by atoms with E-state index in [2.05, 4.69) is 5.32 Å². The number of carbonyl (C=O) groups is 2. The van der Waals surface area contributed by atoms with E-state index in [4.69, 9.17) is 0 Å². The highest BCUT2D eigenvalue weighted by Gasteiger charge is 2.26. The molecule has 0 aliphatic carbocycles. The number of hydrogen-bond acceptors (Lipinski definition) is 5. The molecule has 0 spiro atoms. The first-order valence-electron chi connectivity index (χ1n) is 5.92. The van der Waals surface area contributed by atoms with E-state index in [-0.39, 0.29) is 22.5 Å². The highest BCUT2D eigenvalue weighted by atomic mass is 32.2. The van der Waals surface area contributed by atoms with Gasteiger partial charge >= 0.3 is 6.03 Å². The quantitative estimate of drug-likeness (QED) is 0.869. The number of urea groups is 1. The third kappa shape index (κ3) is 3.73. The fourth-order valence-corrected chi connectivity index (χ4v) is 3.54. The maximum Gasteiger partial charge on any atom is 0.328 e. The van der Waals surface area contributed by atoms with E-state index < -0.39 is 16.1 Å². The van der Waals surface area contributed by atoms with E-state index in [9.17, 15) is 18.0 Å². The van der Waals surface area contributed by atoms with Gasteiger partial charge in [0.1, 0.15) is 0 Å². The number of thioether (sulfide) groups is 1. The SMILES string of the molecule is Cc1ccc(S(=O)(=O)NC(=O)NC2CSC(=O)C2)cc1. The van der Waals surface area contributed by atoms with Gasteiger partial charge in [-0.05, 0) is 19.1 Å². The lowest BCUT2D eigenvalue weighted by Crippen LogP contribution is -2.44. The van der Waals surface area contributed by atoms with Crippen molar-refractivity contribution in [1.29, 1.82) is 0 Å². The number of carbonyl (C=O) groups excluding carboxylic acids is 2. The summed E-state index contributed by atoms with van der Waals surface area (Å²) >= 11 is 1.13. The molecule has 0 aromatic heterocycles. The molecule has 2 N–H and O–H groups in total. The van der Waals surface area contributed by atoms with Crippen LogP contribution in [0, 0.1) is 6.92 Å². The number of sulfonamides is 1. The first kappa shape index (κ1) is 14.9. The first-order chi connectivity index (χ1) is 9.37. The van der Waals surface area contributed by atoms with Crippen LogP contribution in [0.5, 0.6) is 0 Å². The molecule has 1 fully saturated rings. The van der Waals surface area contributed by atoms with Gasteiger partial charge in [0.05, 0.1) is 4.90 Å². The molecule has 20 heavy (non-hydrogen) atoms. The molecular weight excluding hydrogens is 300 g/mol. The van der Waals surface area contributed by atoms with E-state index >= 15 is 0 Å². The molecule has 1 saturated heterocycles. The molecule has 0 bridgehead atoms. The van der Waals surface area contributed by atoms with Gasteiger partial charge in [0.2, 0.25) is 0 Å². The molecule has 0 saturated carbocycles. The lowest BCUT2D eigenvalue weighted by Gasteiger charge is -2.12. The fourth-order valence-electron chi connectivity index (χ4n) is 1.72. The summed E-state index contributed by atoms with van der Waals surface area (Å²) in [4.78, 5) is 22.7. The van der Waals surface area contributed by atoms with Crippen molar-refractivity contribution in [3.8, 4) is 0 Å². The number of benzene rings is 1. The van der Waals surface area contributed by atoms with Gasteiger partial charge < -0.3 is 5.32 Å². The minimum absolute atomic E-state index is 0.00306. The lowest BCUT2D eigenvalue weighted by molar-refractivity contribution is -0.110. The highest BCUT2D eigenvalue weighted by molar-refractivity contribution is 8.14. The van der Waals surface area contributed by atoms with Crippen LogP contribution in [0.1, 0.15) is 12.0 Å². The Bertz CT molecular complexity index is 625. The maximum absolute atomic E-state index is 11.9. The number of rotatable bonds is 3. The van der Waals surface area contributed by atoms with Gasteiger partial charge in [0, 0.05) is 18.2 Å². The summed E-state index contributed by atoms with van der Waals surface area (Å²) in [6.07, 6.45) is 0.225. The van der Waals surface area contributed by atoms with Crippen LogP contribution in [0.4, 0.5) is 4.79 Å². The number of amides is 2. The molecule has 1 aliphatic rings. The zero-order valence-electron chi connectivity index (χ0n) is 10.8. The predicted octanol–water partition coefficient (Wildman–Crippen LogP) is 1.02. The van der Waals surface area contributed by atoms with Crippen molar-refractivity contribution >= 4 is 32.9 Å². The molecule has 0 radical (unpaired) electrons. The monoisotopic (exact) mass is 314 g/mol. The summed E-state index contributed by atoms with van der Waals surface area (Å²) in [7, 11) is -3.89. The summed E-state index contributed by atoms with van der Waals surface area (Å²) in [5, 5.41) is 2.47. The van der Waals surface area contributed by atoms with Crippen LogP contribution in [0.25, 0.3) is 0 Å². The van der Waals surface area contributed by atoms with Crippen LogP contribution in [-0.2, 0) is 14.8 Å². The number of hydrogen-bond donors (Lipinski definition) is 2. The fraction of sp³-hybridized carbons (Fsp3) is 0.333. The lowest BCUT2D eigenvalue weighted by atomic mass is 10.2. The topological polar surface area (TPSA) is 92.3 Å². The largest absolute Gasteiger partial charge is 0.333 e.